The molecule has 0 aliphatic heterocycles. The highest BCUT2D eigenvalue weighted by molar-refractivity contribution is 5.89. The second-order valence-corrected chi connectivity index (χ2v) is 5.03. The van der Waals surface area contributed by atoms with E-state index in [4.69, 9.17) is 9.47 Å². The third-order valence-electron chi connectivity index (χ3n) is 3.45. The van der Waals surface area contributed by atoms with Gasteiger partial charge in [0.1, 0.15) is 11.5 Å². The Bertz CT molecular complexity index is 738. The van der Waals surface area contributed by atoms with E-state index in [1.807, 2.05) is 0 Å². The molecule has 2 amide bonds. The fourth-order valence-corrected chi connectivity index (χ4v) is 2.21. The second-order valence-electron chi connectivity index (χ2n) is 5.03. The fourth-order valence-electron chi connectivity index (χ4n) is 2.21. The van der Waals surface area contributed by atoms with Crippen molar-refractivity contribution in [3.05, 3.63) is 53.6 Å². The summed E-state index contributed by atoms with van der Waals surface area (Å²) in [4.78, 5) is 12.0. The van der Waals surface area contributed by atoms with Crippen molar-refractivity contribution in [2.45, 2.75) is 13.0 Å². The summed E-state index contributed by atoms with van der Waals surface area (Å²) in [5, 5.41) is 4.92. The van der Waals surface area contributed by atoms with Crippen molar-refractivity contribution in [2.24, 2.45) is 0 Å². The Labute approximate surface area is 138 Å². The lowest BCUT2D eigenvalue weighted by Crippen LogP contribution is -2.31. The van der Waals surface area contributed by atoms with Crippen LogP contribution >= 0.6 is 0 Å². The normalized spacial score (nSPS) is 11.5. The van der Waals surface area contributed by atoms with Crippen LogP contribution in [0.5, 0.6) is 11.5 Å². The first-order valence-corrected chi connectivity index (χ1v) is 7.19. The zero-order valence-corrected chi connectivity index (χ0v) is 13.5. The number of urea groups is 1. The van der Waals surface area contributed by atoms with Gasteiger partial charge in [0.2, 0.25) is 0 Å². The van der Waals surface area contributed by atoms with E-state index >= 15 is 0 Å². The van der Waals surface area contributed by atoms with E-state index in [1.165, 1.54) is 26.4 Å². The molecule has 0 spiro atoms. The van der Waals surface area contributed by atoms with Gasteiger partial charge in [-0.25, -0.2) is 13.6 Å². The molecule has 0 heterocycles. The van der Waals surface area contributed by atoms with Crippen LogP contribution in [-0.4, -0.2) is 20.3 Å². The maximum absolute atomic E-state index is 13.6. The van der Waals surface area contributed by atoms with Gasteiger partial charge in [0, 0.05) is 11.6 Å². The van der Waals surface area contributed by atoms with Crippen LogP contribution < -0.4 is 20.1 Å². The van der Waals surface area contributed by atoms with Crippen LogP contribution in [0.3, 0.4) is 0 Å². The number of hydrogen-bond donors (Lipinski definition) is 2. The molecule has 128 valence electrons. The molecule has 7 heteroatoms. The summed E-state index contributed by atoms with van der Waals surface area (Å²) in [6, 6.07) is 7.65. The minimum absolute atomic E-state index is 0.235. The van der Waals surface area contributed by atoms with Crippen molar-refractivity contribution in [1.82, 2.24) is 5.32 Å². The predicted molar refractivity (Wildman–Crippen MR) is 86.5 cm³/mol. The summed E-state index contributed by atoms with van der Waals surface area (Å²) in [5.74, 6) is -0.979. The molecule has 2 N–H and O–H groups in total. The van der Waals surface area contributed by atoms with E-state index in [-0.39, 0.29) is 5.69 Å². The van der Waals surface area contributed by atoms with Gasteiger partial charge in [0.25, 0.3) is 0 Å². The largest absolute Gasteiger partial charge is 0.497 e. The fraction of sp³-hybridized carbons (Fsp3) is 0.235. The molecule has 1 unspecified atom stereocenters. The number of benzene rings is 2. The highest BCUT2D eigenvalue weighted by atomic mass is 19.2. The quantitative estimate of drug-likeness (QED) is 0.871. The van der Waals surface area contributed by atoms with Gasteiger partial charge in [0.15, 0.2) is 11.6 Å². The van der Waals surface area contributed by atoms with Crippen molar-refractivity contribution in [3.63, 3.8) is 0 Å². The number of amides is 2. The summed E-state index contributed by atoms with van der Waals surface area (Å²) in [5.41, 5.74) is 0.481. The van der Waals surface area contributed by atoms with Crippen molar-refractivity contribution in [2.75, 3.05) is 19.5 Å². The van der Waals surface area contributed by atoms with Gasteiger partial charge in [-0.15, -0.1) is 0 Å². The van der Waals surface area contributed by atoms with Gasteiger partial charge in [-0.2, -0.15) is 0 Å². The Balaban J connectivity index is 2.10. The Kier molecular flexibility index (Phi) is 5.57. The maximum atomic E-state index is 13.6. The maximum Gasteiger partial charge on any atom is 0.319 e. The molecule has 0 fully saturated rings. The zero-order chi connectivity index (χ0) is 17.7. The lowest BCUT2D eigenvalue weighted by atomic mass is 10.1. The molecule has 0 bridgehead atoms. The lowest BCUT2D eigenvalue weighted by molar-refractivity contribution is 0.249. The lowest BCUT2D eigenvalue weighted by Gasteiger charge is -2.18. The van der Waals surface area contributed by atoms with Gasteiger partial charge in [-0.1, -0.05) is 6.07 Å². The van der Waals surface area contributed by atoms with E-state index in [0.29, 0.717) is 17.1 Å². The molecule has 0 radical (unpaired) electrons. The number of carbonyl (C=O) groups excluding carboxylic acids is 1. The molecule has 2 aromatic rings. The van der Waals surface area contributed by atoms with E-state index in [1.54, 1.807) is 25.1 Å². The van der Waals surface area contributed by atoms with E-state index in [0.717, 1.165) is 6.07 Å². The zero-order valence-electron chi connectivity index (χ0n) is 13.5. The van der Waals surface area contributed by atoms with E-state index in [2.05, 4.69) is 10.6 Å². The molecule has 0 saturated carbocycles. The average Bonchev–Trinajstić information content (AvgIpc) is 2.58. The van der Waals surface area contributed by atoms with Gasteiger partial charge in [0.05, 0.1) is 25.9 Å². The van der Waals surface area contributed by atoms with Crippen LogP contribution in [0.25, 0.3) is 0 Å². The summed E-state index contributed by atoms with van der Waals surface area (Å²) in [7, 11) is 3.05. The van der Waals surface area contributed by atoms with Crippen molar-refractivity contribution in [3.8, 4) is 11.5 Å². The summed E-state index contributed by atoms with van der Waals surface area (Å²) in [6.07, 6.45) is 0. The average molecular weight is 336 g/mol. The number of anilines is 1. The Hall–Kier alpha value is -2.83. The SMILES string of the molecule is COc1ccc(C(C)NC(=O)Nc2cccc(F)c2F)c(OC)c1. The Morgan fingerprint density at radius 2 is 1.88 bits per heavy atom. The molecule has 0 saturated heterocycles. The highest BCUT2D eigenvalue weighted by Crippen LogP contribution is 2.29. The number of hydrogen-bond acceptors (Lipinski definition) is 3. The minimum atomic E-state index is -1.11. The third kappa shape index (κ3) is 3.92. The number of ether oxygens (including phenoxy) is 2. The van der Waals surface area contributed by atoms with Crippen LogP contribution in [0.1, 0.15) is 18.5 Å². The van der Waals surface area contributed by atoms with Crippen LogP contribution in [0, 0.1) is 11.6 Å². The molecule has 0 aliphatic carbocycles. The first-order valence-electron chi connectivity index (χ1n) is 7.19. The minimum Gasteiger partial charge on any atom is -0.497 e. The monoisotopic (exact) mass is 336 g/mol. The smallest absolute Gasteiger partial charge is 0.319 e. The molecule has 0 aromatic heterocycles. The van der Waals surface area contributed by atoms with Gasteiger partial charge in [-0.3, -0.25) is 0 Å². The third-order valence-corrected chi connectivity index (χ3v) is 3.45. The molecule has 2 aromatic carbocycles. The van der Waals surface area contributed by atoms with Crippen molar-refractivity contribution < 1.29 is 23.0 Å². The van der Waals surface area contributed by atoms with Crippen molar-refractivity contribution in [1.29, 1.82) is 0 Å². The Morgan fingerprint density at radius 3 is 2.54 bits per heavy atom. The number of carbonyl (C=O) groups is 1. The number of rotatable bonds is 5. The molecule has 1 atom stereocenters. The van der Waals surface area contributed by atoms with Gasteiger partial charge in [-0.05, 0) is 31.2 Å². The number of halogens is 2. The summed E-state index contributed by atoms with van der Waals surface area (Å²) in [6.45, 7) is 1.74. The Morgan fingerprint density at radius 1 is 1.12 bits per heavy atom. The number of nitrogens with one attached hydrogen (secondary N) is 2. The van der Waals surface area contributed by atoms with E-state index < -0.39 is 23.7 Å². The van der Waals surface area contributed by atoms with Gasteiger partial charge >= 0.3 is 6.03 Å². The topological polar surface area (TPSA) is 59.6 Å². The molecule has 0 aliphatic rings. The summed E-state index contributed by atoms with van der Waals surface area (Å²) < 4.78 is 37.1. The van der Waals surface area contributed by atoms with E-state index in [9.17, 15) is 13.6 Å². The van der Waals surface area contributed by atoms with Gasteiger partial charge < -0.3 is 20.1 Å². The highest BCUT2D eigenvalue weighted by Gasteiger charge is 2.16. The first-order chi connectivity index (χ1) is 11.5. The van der Waals surface area contributed by atoms with Crippen LogP contribution in [0.15, 0.2) is 36.4 Å². The summed E-state index contributed by atoms with van der Waals surface area (Å²) >= 11 is 0. The second kappa shape index (κ2) is 7.63. The number of methoxy groups -OCH3 is 2. The molecule has 24 heavy (non-hydrogen) atoms. The predicted octanol–water partition coefficient (Wildman–Crippen LogP) is 3.86. The van der Waals surface area contributed by atoms with Crippen molar-refractivity contribution >= 4 is 11.7 Å². The molecular weight excluding hydrogens is 318 g/mol. The molecule has 5 nitrogen and oxygen atoms in total. The van der Waals surface area contributed by atoms with Crippen LogP contribution in [0.2, 0.25) is 0 Å². The van der Waals surface area contributed by atoms with Crippen LogP contribution in [-0.2, 0) is 0 Å². The standard InChI is InChI=1S/C17H18F2N2O3/c1-10(12-8-7-11(23-2)9-15(12)24-3)20-17(22)21-14-6-4-5-13(18)16(14)19/h4-10H,1-3H3,(H2,20,21,22). The van der Waals surface area contributed by atoms with Crippen LogP contribution in [0.4, 0.5) is 19.3 Å². The molecule has 2 rings (SSSR count). The molecular formula is C17H18F2N2O3. The first kappa shape index (κ1) is 17.5.